The Labute approximate surface area is 90.8 Å². The number of carbonyl (C=O) groups is 1. The molecule has 0 aromatic rings. The Bertz CT molecular complexity index is 286. The molecule has 6 heteroatoms. The first-order valence-electron chi connectivity index (χ1n) is 5.03. The molecule has 0 radical (unpaired) electrons. The largest absolute Gasteiger partial charge is 0.481 e. The summed E-state index contributed by atoms with van der Waals surface area (Å²) in [5.74, 6) is -0.566. The van der Waals surface area contributed by atoms with Gasteiger partial charge in [0, 0.05) is 24.8 Å². The summed E-state index contributed by atoms with van der Waals surface area (Å²) in [5, 5.41) is 11.4. The van der Waals surface area contributed by atoms with Crippen LogP contribution in [0.25, 0.3) is 0 Å². The number of sulfone groups is 1. The molecule has 0 amide bonds. The number of nitrogens with one attached hydrogen (secondary N) is 1. The van der Waals surface area contributed by atoms with Gasteiger partial charge in [-0.25, -0.2) is 8.42 Å². The minimum atomic E-state index is -2.93. The van der Waals surface area contributed by atoms with Crippen molar-refractivity contribution in [2.45, 2.75) is 32.7 Å². The van der Waals surface area contributed by atoms with Gasteiger partial charge in [0.05, 0.1) is 5.75 Å². The lowest BCUT2D eigenvalue weighted by molar-refractivity contribution is -0.137. The van der Waals surface area contributed by atoms with E-state index in [4.69, 9.17) is 5.11 Å². The molecule has 0 fully saturated rings. The zero-order valence-electron chi connectivity index (χ0n) is 9.19. The van der Waals surface area contributed by atoms with E-state index >= 15 is 0 Å². The van der Waals surface area contributed by atoms with E-state index in [0.29, 0.717) is 13.0 Å². The fraction of sp³-hybridized carbons (Fsp3) is 0.889. The predicted molar refractivity (Wildman–Crippen MR) is 58.7 cm³/mol. The fourth-order valence-electron chi connectivity index (χ4n) is 1.05. The van der Waals surface area contributed by atoms with Gasteiger partial charge in [0.2, 0.25) is 0 Å². The second-order valence-electron chi connectivity index (χ2n) is 3.52. The van der Waals surface area contributed by atoms with Gasteiger partial charge in [0.25, 0.3) is 0 Å². The van der Waals surface area contributed by atoms with Gasteiger partial charge < -0.3 is 10.4 Å². The number of carboxylic acids is 1. The Morgan fingerprint density at radius 1 is 1.47 bits per heavy atom. The van der Waals surface area contributed by atoms with E-state index in [1.54, 1.807) is 6.92 Å². The number of hydrogen-bond donors (Lipinski definition) is 2. The standard InChI is InChI=1S/C9H19NO4S/c1-3-15(13,14)7-6-10-8(2)4-5-9(11)12/h8,10H,3-7H2,1-2H3,(H,11,12). The quantitative estimate of drug-likeness (QED) is 0.633. The molecular formula is C9H19NO4S. The maximum absolute atomic E-state index is 11.1. The average molecular weight is 237 g/mol. The van der Waals surface area contributed by atoms with Crippen LogP contribution in [0, 0.1) is 0 Å². The van der Waals surface area contributed by atoms with Crippen molar-refractivity contribution in [3.05, 3.63) is 0 Å². The minimum Gasteiger partial charge on any atom is -0.481 e. The summed E-state index contributed by atoms with van der Waals surface area (Å²) >= 11 is 0. The van der Waals surface area contributed by atoms with Gasteiger partial charge in [0.1, 0.15) is 0 Å². The van der Waals surface area contributed by atoms with Crippen molar-refractivity contribution < 1.29 is 18.3 Å². The molecule has 0 aromatic carbocycles. The summed E-state index contributed by atoms with van der Waals surface area (Å²) in [7, 11) is -2.93. The molecule has 2 N–H and O–H groups in total. The van der Waals surface area contributed by atoms with Crippen molar-refractivity contribution in [1.82, 2.24) is 5.32 Å². The lowest BCUT2D eigenvalue weighted by Crippen LogP contribution is -2.31. The highest BCUT2D eigenvalue weighted by Gasteiger charge is 2.09. The van der Waals surface area contributed by atoms with E-state index in [-0.39, 0.29) is 24.0 Å². The second-order valence-corrected chi connectivity index (χ2v) is 6.00. The smallest absolute Gasteiger partial charge is 0.303 e. The van der Waals surface area contributed by atoms with Crippen LogP contribution in [0.15, 0.2) is 0 Å². The second kappa shape index (κ2) is 6.79. The van der Waals surface area contributed by atoms with E-state index in [0.717, 1.165) is 0 Å². The van der Waals surface area contributed by atoms with Gasteiger partial charge in [-0.3, -0.25) is 4.79 Å². The summed E-state index contributed by atoms with van der Waals surface area (Å²) in [6, 6.07) is 0.0353. The summed E-state index contributed by atoms with van der Waals surface area (Å²) in [6.07, 6.45) is 0.621. The van der Waals surface area contributed by atoms with Crippen molar-refractivity contribution in [2.75, 3.05) is 18.1 Å². The van der Waals surface area contributed by atoms with Crippen LogP contribution < -0.4 is 5.32 Å². The minimum absolute atomic E-state index is 0.0353. The van der Waals surface area contributed by atoms with Crippen molar-refractivity contribution in [3.63, 3.8) is 0 Å². The van der Waals surface area contributed by atoms with E-state index in [2.05, 4.69) is 5.32 Å². The molecule has 0 saturated carbocycles. The van der Waals surface area contributed by atoms with Crippen LogP contribution in [0.2, 0.25) is 0 Å². The van der Waals surface area contributed by atoms with E-state index in [1.165, 1.54) is 0 Å². The molecule has 1 atom stereocenters. The zero-order chi connectivity index (χ0) is 11.9. The van der Waals surface area contributed by atoms with E-state index < -0.39 is 15.8 Å². The topological polar surface area (TPSA) is 83.5 Å². The van der Waals surface area contributed by atoms with Crippen LogP contribution >= 0.6 is 0 Å². The third-order valence-corrected chi connectivity index (χ3v) is 3.84. The highest BCUT2D eigenvalue weighted by atomic mass is 32.2. The molecule has 0 heterocycles. The molecule has 0 aromatic heterocycles. The van der Waals surface area contributed by atoms with E-state index in [9.17, 15) is 13.2 Å². The molecule has 5 nitrogen and oxygen atoms in total. The van der Waals surface area contributed by atoms with Gasteiger partial charge in [0.15, 0.2) is 9.84 Å². The third-order valence-electron chi connectivity index (χ3n) is 2.14. The average Bonchev–Trinajstić information content (AvgIpc) is 2.14. The lowest BCUT2D eigenvalue weighted by Gasteiger charge is -2.12. The van der Waals surface area contributed by atoms with Crippen LogP contribution in [0.5, 0.6) is 0 Å². The maximum Gasteiger partial charge on any atom is 0.303 e. The van der Waals surface area contributed by atoms with Crippen LogP contribution in [-0.2, 0) is 14.6 Å². The molecule has 0 bridgehead atoms. The summed E-state index contributed by atoms with van der Waals surface area (Å²) in [6.45, 7) is 3.85. The number of hydrogen-bond acceptors (Lipinski definition) is 4. The Balaban J connectivity index is 3.64. The van der Waals surface area contributed by atoms with Crippen LogP contribution in [0.4, 0.5) is 0 Å². The first-order valence-corrected chi connectivity index (χ1v) is 6.85. The summed E-state index contributed by atoms with van der Waals surface area (Å²) in [5.41, 5.74) is 0. The Morgan fingerprint density at radius 2 is 2.07 bits per heavy atom. The first kappa shape index (κ1) is 14.4. The third kappa shape index (κ3) is 8.38. The number of rotatable bonds is 8. The van der Waals surface area contributed by atoms with Crippen LogP contribution in [-0.4, -0.2) is 43.6 Å². The molecule has 0 aliphatic rings. The highest BCUT2D eigenvalue weighted by molar-refractivity contribution is 7.91. The molecule has 0 rings (SSSR count). The molecule has 90 valence electrons. The lowest BCUT2D eigenvalue weighted by atomic mass is 10.2. The van der Waals surface area contributed by atoms with Crippen molar-refractivity contribution >= 4 is 15.8 Å². The highest BCUT2D eigenvalue weighted by Crippen LogP contribution is 1.96. The Kier molecular flexibility index (Phi) is 6.51. The maximum atomic E-state index is 11.1. The SMILES string of the molecule is CCS(=O)(=O)CCNC(C)CCC(=O)O. The monoisotopic (exact) mass is 237 g/mol. The molecule has 0 spiro atoms. The number of aliphatic carboxylic acids is 1. The van der Waals surface area contributed by atoms with Crippen molar-refractivity contribution in [3.8, 4) is 0 Å². The van der Waals surface area contributed by atoms with Crippen molar-refractivity contribution in [1.29, 1.82) is 0 Å². The zero-order valence-corrected chi connectivity index (χ0v) is 10.0. The van der Waals surface area contributed by atoms with E-state index in [1.807, 2.05) is 6.92 Å². The fourth-order valence-corrected chi connectivity index (χ4v) is 1.76. The Hall–Kier alpha value is -0.620. The van der Waals surface area contributed by atoms with Crippen LogP contribution in [0.3, 0.4) is 0 Å². The first-order chi connectivity index (χ1) is 6.87. The summed E-state index contributed by atoms with van der Waals surface area (Å²) < 4.78 is 22.2. The number of carboxylic acid groups (broad SMARTS) is 1. The summed E-state index contributed by atoms with van der Waals surface area (Å²) in [4.78, 5) is 10.3. The van der Waals surface area contributed by atoms with Gasteiger partial charge in [-0.1, -0.05) is 6.92 Å². The molecule has 0 aliphatic carbocycles. The predicted octanol–water partition coefficient (Wildman–Crippen LogP) is 0.264. The molecule has 0 saturated heterocycles. The Morgan fingerprint density at radius 3 is 2.53 bits per heavy atom. The van der Waals surface area contributed by atoms with Crippen LogP contribution in [0.1, 0.15) is 26.7 Å². The molecule has 15 heavy (non-hydrogen) atoms. The van der Waals surface area contributed by atoms with Crippen molar-refractivity contribution in [2.24, 2.45) is 0 Å². The molecule has 1 unspecified atom stereocenters. The normalized spacial score (nSPS) is 13.7. The van der Waals surface area contributed by atoms with Gasteiger partial charge in [-0.15, -0.1) is 0 Å². The van der Waals surface area contributed by atoms with Gasteiger partial charge in [-0.05, 0) is 13.3 Å². The molecule has 0 aliphatic heterocycles. The van der Waals surface area contributed by atoms with Gasteiger partial charge in [-0.2, -0.15) is 0 Å². The van der Waals surface area contributed by atoms with Gasteiger partial charge >= 0.3 is 5.97 Å². The molecular weight excluding hydrogens is 218 g/mol.